The summed E-state index contributed by atoms with van der Waals surface area (Å²) in [7, 11) is 2.14. The summed E-state index contributed by atoms with van der Waals surface area (Å²) in [6.07, 6.45) is 1.86. The van der Waals surface area contributed by atoms with E-state index in [4.69, 9.17) is 0 Å². The molecule has 0 spiro atoms. The highest BCUT2D eigenvalue weighted by Crippen LogP contribution is 2.25. The summed E-state index contributed by atoms with van der Waals surface area (Å²) in [6.45, 7) is 4.04. The Labute approximate surface area is 153 Å². The third-order valence-electron chi connectivity index (χ3n) is 4.78. The fourth-order valence-electron chi connectivity index (χ4n) is 3.18. The van der Waals surface area contributed by atoms with Crippen molar-refractivity contribution in [2.45, 2.75) is 6.61 Å². The number of aromatic nitrogens is 2. The molecule has 6 nitrogen and oxygen atoms in total. The molecule has 1 aromatic heterocycles. The third kappa shape index (κ3) is 3.67. The van der Waals surface area contributed by atoms with Gasteiger partial charge in [-0.1, -0.05) is 24.3 Å². The minimum atomic E-state index is 0.0475. The van der Waals surface area contributed by atoms with Crippen LogP contribution in [0.2, 0.25) is 0 Å². The van der Waals surface area contributed by atoms with E-state index in [0.717, 1.165) is 53.8 Å². The van der Waals surface area contributed by atoms with Crippen LogP contribution in [0.4, 0.5) is 5.95 Å². The minimum absolute atomic E-state index is 0.0475. The number of nitrogens with one attached hydrogen (secondary N) is 1. The van der Waals surface area contributed by atoms with E-state index < -0.39 is 0 Å². The highest BCUT2D eigenvalue weighted by atomic mass is 16.3. The average Bonchev–Trinajstić information content (AvgIpc) is 2.69. The summed E-state index contributed by atoms with van der Waals surface area (Å²) in [5, 5.41) is 12.5. The van der Waals surface area contributed by atoms with Crippen LogP contribution < -0.4 is 5.43 Å². The molecule has 134 valence electrons. The van der Waals surface area contributed by atoms with Gasteiger partial charge in [0.15, 0.2) is 0 Å². The maximum Gasteiger partial charge on any atom is 0.238 e. The van der Waals surface area contributed by atoms with Gasteiger partial charge in [0.2, 0.25) is 5.95 Å². The monoisotopic (exact) mass is 349 g/mol. The first-order valence-electron chi connectivity index (χ1n) is 8.88. The molecule has 0 atom stereocenters. The van der Waals surface area contributed by atoms with Gasteiger partial charge >= 0.3 is 0 Å². The minimum Gasteiger partial charge on any atom is -0.392 e. The van der Waals surface area contributed by atoms with Crippen molar-refractivity contribution in [3.05, 3.63) is 54.2 Å². The summed E-state index contributed by atoms with van der Waals surface area (Å²) in [4.78, 5) is 11.4. The second-order valence-corrected chi connectivity index (χ2v) is 6.73. The van der Waals surface area contributed by atoms with Crippen molar-refractivity contribution in [3.63, 3.8) is 0 Å². The van der Waals surface area contributed by atoms with Crippen LogP contribution in [0.3, 0.4) is 0 Å². The Kier molecular flexibility index (Phi) is 4.79. The van der Waals surface area contributed by atoms with E-state index in [1.54, 1.807) is 0 Å². The smallest absolute Gasteiger partial charge is 0.238 e. The fraction of sp³-hybridized carbons (Fsp3) is 0.300. The highest BCUT2D eigenvalue weighted by molar-refractivity contribution is 5.84. The Morgan fingerprint density at radius 3 is 2.65 bits per heavy atom. The Balaban J connectivity index is 1.56. The summed E-state index contributed by atoms with van der Waals surface area (Å²) in [6, 6.07) is 14.1. The van der Waals surface area contributed by atoms with Crippen LogP contribution in [0.5, 0.6) is 0 Å². The van der Waals surface area contributed by atoms with E-state index in [-0.39, 0.29) is 6.61 Å². The summed E-state index contributed by atoms with van der Waals surface area (Å²) in [5.74, 6) is 0.636. The van der Waals surface area contributed by atoms with Crippen LogP contribution in [0.25, 0.3) is 22.0 Å². The molecule has 2 heterocycles. The topological polar surface area (TPSA) is 64.5 Å². The third-order valence-corrected chi connectivity index (χ3v) is 4.78. The quantitative estimate of drug-likeness (QED) is 0.754. The number of fused-ring (bicyclic) bond motifs is 1. The van der Waals surface area contributed by atoms with Gasteiger partial charge < -0.3 is 10.0 Å². The molecule has 26 heavy (non-hydrogen) atoms. The number of piperazine rings is 1. The van der Waals surface area contributed by atoms with E-state index in [9.17, 15) is 5.11 Å². The van der Waals surface area contributed by atoms with Gasteiger partial charge in [0.25, 0.3) is 0 Å². The zero-order valence-electron chi connectivity index (χ0n) is 14.9. The molecule has 3 aromatic rings. The molecule has 1 fully saturated rings. The molecular formula is C20H23N5O. The van der Waals surface area contributed by atoms with Gasteiger partial charge in [0.05, 0.1) is 12.1 Å². The lowest BCUT2D eigenvalue weighted by Gasteiger charge is -2.32. The number of aliphatic hydroxyl groups is 1. The number of hydrogen-bond donors (Lipinski definition) is 2. The van der Waals surface area contributed by atoms with Crippen molar-refractivity contribution in [2.24, 2.45) is 0 Å². The van der Waals surface area contributed by atoms with Crippen LogP contribution in [0.15, 0.2) is 48.7 Å². The van der Waals surface area contributed by atoms with Crippen molar-refractivity contribution in [1.82, 2.24) is 19.9 Å². The molecule has 2 N–H and O–H groups in total. The van der Waals surface area contributed by atoms with Gasteiger partial charge in [-0.3, -0.25) is 5.43 Å². The number of hydrogen-bond acceptors (Lipinski definition) is 6. The van der Waals surface area contributed by atoms with Crippen LogP contribution in [-0.4, -0.2) is 58.2 Å². The van der Waals surface area contributed by atoms with E-state index in [1.807, 2.05) is 36.5 Å². The molecule has 1 aliphatic heterocycles. The van der Waals surface area contributed by atoms with Crippen LogP contribution in [0.1, 0.15) is 5.56 Å². The van der Waals surface area contributed by atoms with Crippen LogP contribution >= 0.6 is 0 Å². The molecule has 1 saturated heterocycles. The van der Waals surface area contributed by atoms with Crippen molar-refractivity contribution in [2.75, 3.05) is 38.7 Å². The van der Waals surface area contributed by atoms with Crippen LogP contribution in [-0.2, 0) is 6.61 Å². The number of anilines is 1. The first-order valence-corrected chi connectivity index (χ1v) is 8.88. The maximum absolute atomic E-state index is 9.33. The van der Waals surface area contributed by atoms with E-state index in [2.05, 4.69) is 44.5 Å². The lowest BCUT2D eigenvalue weighted by atomic mass is 10.0. The van der Waals surface area contributed by atoms with E-state index in [1.165, 1.54) is 0 Å². The van der Waals surface area contributed by atoms with Gasteiger partial charge in [-0.15, -0.1) is 0 Å². The largest absolute Gasteiger partial charge is 0.392 e. The predicted octanol–water partition coefficient (Wildman–Crippen LogP) is 2.36. The lowest BCUT2D eigenvalue weighted by Crippen LogP contribution is -2.47. The fourth-order valence-corrected chi connectivity index (χ4v) is 3.18. The highest BCUT2D eigenvalue weighted by Gasteiger charge is 2.14. The lowest BCUT2D eigenvalue weighted by molar-refractivity contribution is 0.178. The number of nitrogens with zero attached hydrogens (tertiary/aromatic N) is 4. The molecule has 1 aliphatic rings. The van der Waals surface area contributed by atoms with Gasteiger partial charge in [-0.2, -0.15) is 0 Å². The zero-order chi connectivity index (χ0) is 17.9. The number of benzene rings is 2. The molecule has 0 unspecified atom stereocenters. The van der Waals surface area contributed by atoms with Crippen molar-refractivity contribution >= 4 is 16.9 Å². The van der Waals surface area contributed by atoms with Gasteiger partial charge in [0, 0.05) is 37.8 Å². The second kappa shape index (κ2) is 7.37. The van der Waals surface area contributed by atoms with E-state index >= 15 is 0 Å². The molecule has 6 heteroatoms. The number of likely N-dealkylation sites (N-methyl/N-ethyl adjacent to an activating group) is 1. The number of aliphatic hydroxyl groups excluding tert-OH is 1. The van der Waals surface area contributed by atoms with E-state index in [0.29, 0.717) is 5.95 Å². The normalized spacial score (nSPS) is 16.1. The maximum atomic E-state index is 9.33. The molecule has 0 aliphatic carbocycles. The van der Waals surface area contributed by atoms with Gasteiger partial charge in [-0.25, -0.2) is 15.0 Å². The van der Waals surface area contributed by atoms with Crippen molar-refractivity contribution in [3.8, 4) is 11.1 Å². The van der Waals surface area contributed by atoms with Gasteiger partial charge in [-0.05, 0) is 41.9 Å². The average molecular weight is 349 g/mol. The van der Waals surface area contributed by atoms with Crippen LogP contribution in [0, 0.1) is 0 Å². The molecule has 0 amide bonds. The molecule has 0 saturated carbocycles. The number of rotatable bonds is 4. The molecule has 0 bridgehead atoms. The molecular weight excluding hydrogens is 326 g/mol. The SMILES string of the molecule is CN1CCN(Nc2ncc3cc(-c4cccc(CO)c4)ccc3n2)CC1. The Morgan fingerprint density at radius 1 is 1.04 bits per heavy atom. The zero-order valence-corrected chi connectivity index (χ0v) is 14.9. The Morgan fingerprint density at radius 2 is 1.85 bits per heavy atom. The second-order valence-electron chi connectivity index (χ2n) is 6.73. The molecule has 0 radical (unpaired) electrons. The van der Waals surface area contributed by atoms with Crippen molar-refractivity contribution in [1.29, 1.82) is 0 Å². The first-order chi connectivity index (χ1) is 12.7. The predicted molar refractivity (Wildman–Crippen MR) is 104 cm³/mol. The molecule has 2 aromatic carbocycles. The summed E-state index contributed by atoms with van der Waals surface area (Å²) in [5.41, 5.74) is 7.31. The Hall–Kier alpha value is -2.54. The van der Waals surface area contributed by atoms with Crippen molar-refractivity contribution < 1.29 is 5.11 Å². The standard InChI is InChI=1S/C20H23N5O/c1-24-7-9-25(10-8-24)23-20-21-13-18-12-17(5-6-19(18)22-20)16-4-2-3-15(11-16)14-26/h2-6,11-13,26H,7-10,14H2,1H3,(H,21,22,23). The number of hydrazine groups is 1. The summed E-state index contributed by atoms with van der Waals surface area (Å²) >= 11 is 0. The summed E-state index contributed by atoms with van der Waals surface area (Å²) < 4.78 is 0. The van der Waals surface area contributed by atoms with Gasteiger partial charge in [0.1, 0.15) is 0 Å². The first kappa shape index (κ1) is 16.9. The Bertz CT molecular complexity index is 906. The molecule has 4 rings (SSSR count).